The lowest BCUT2D eigenvalue weighted by Gasteiger charge is -2.31. The zero-order valence-electron chi connectivity index (χ0n) is 15.1. The third kappa shape index (κ3) is 5.34. The van der Waals surface area contributed by atoms with Crippen LogP contribution < -0.4 is 15.4 Å². The summed E-state index contributed by atoms with van der Waals surface area (Å²) in [5.41, 5.74) is 2.82. The number of aryl methyl sites for hydroxylation is 2. The molecule has 0 bridgehead atoms. The lowest BCUT2D eigenvalue weighted by molar-refractivity contribution is -0.121. The molecule has 5 nitrogen and oxygen atoms in total. The number of halogens is 2. The summed E-state index contributed by atoms with van der Waals surface area (Å²) in [6.07, 6.45) is 1.72. The maximum absolute atomic E-state index is 12.4. The van der Waals surface area contributed by atoms with Crippen molar-refractivity contribution in [2.45, 2.75) is 20.8 Å². The van der Waals surface area contributed by atoms with Crippen LogP contribution in [-0.2, 0) is 4.79 Å². The molecule has 1 atom stereocenters. The molecule has 1 aromatic carbocycles. The number of benzene rings is 1. The molecular formula is C19H25Cl2N3O2. The van der Waals surface area contributed by atoms with E-state index in [4.69, 9.17) is 4.74 Å². The van der Waals surface area contributed by atoms with Crippen molar-refractivity contribution in [1.29, 1.82) is 0 Å². The van der Waals surface area contributed by atoms with Crippen molar-refractivity contribution in [3.63, 3.8) is 0 Å². The van der Waals surface area contributed by atoms with Crippen LogP contribution in [0, 0.1) is 25.7 Å². The number of anilines is 1. The third-order valence-electron chi connectivity index (χ3n) is 4.49. The van der Waals surface area contributed by atoms with Gasteiger partial charge < -0.3 is 15.4 Å². The Bertz CT molecular complexity index is 751. The van der Waals surface area contributed by atoms with Gasteiger partial charge in [-0.1, -0.05) is 13.0 Å². The summed E-state index contributed by atoms with van der Waals surface area (Å²) in [5.74, 6) is 1.71. The molecule has 1 aliphatic heterocycles. The smallest absolute Gasteiger partial charge is 0.227 e. The van der Waals surface area contributed by atoms with Gasteiger partial charge in [0.2, 0.25) is 11.8 Å². The Kier molecular flexibility index (Phi) is 8.34. The number of carbonyl (C=O) groups is 1. The maximum atomic E-state index is 12.4. The molecule has 0 aliphatic carbocycles. The normalized spacial score (nSPS) is 14.3. The first-order chi connectivity index (χ1) is 11.5. The summed E-state index contributed by atoms with van der Waals surface area (Å²) < 4.78 is 5.88. The fourth-order valence-electron chi connectivity index (χ4n) is 2.60. The van der Waals surface area contributed by atoms with Crippen LogP contribution in [-0.4, -0.2) is 24.0 Å². The van der Waals surface area contributed by atoms with Crippen molar-refractivity contribution < 1.29 is 9.53 Å². The molecule has 3 rings (SSSR count). The fourth-order valence-corrected chi connectivity index (χ4v) is 2.60. The lowest BCUT2D eigenvalue weighted by atomic mass is 9.88. The van der Waals surface area contributed by atoms with Crippen molar-refractivity contribution in [2.75, 3.05) is 18.4 Å². The van der Waals surface area contributed by atoms with Gasteiger partial charge in [0.15, 0.2) is 0 Å². The first-order valence-electron chi connectivity index (χ1n) is 8.25. The van der Waals surface area contributed by atoms with Gasteiger partial charge in [-0.2, -0.15) is 0 Å². The standard InChI is InChI=1S/C19H23N3O2.2ClH/c1-12-6-7-21-18(8-12)24-17-9-16(5-4-13(17)2)22-19(23)14(3)15-10-20-11-15;;/h4-9,14-15,20H,10-11H2,1-3H3,(H,22,23);2*1H. The van der Waals surface area contributed by atoms with Crippen LogP contribution in [0.15, 0.2) is 36.5 Å². The molecule has 7 heteroatoms. The van der Waals surface area contributed by atoms with E-state index in [1.807, 2.05) is 51.1 Å². The number of amides is 1. The Hall–Kier alpha value is -1.82. The summed E-state index contributed by atoms with van der Waals surface area (Å²) in [7, 11) is 0. The van der Waals surface area contributed by atoms with Crippen LogP contribution in [0.3, 0.4) is 0 Å². The van der Waals surface area contributed by atoms with Gasteiger partial charge in [-0.25, -0.2) is 4.98 Å². The molecule has 1 aliphatic rings. The molecule has 1 amide bonds. The van der Waals surface area contributed by atoms with Crippen LogP contribution in [0.25, 0.3) is 0 Å². The SMILES string of the molecule is Cc1ccnc(Oc2cc(NC(=O)C(C)C3CNC3)ccc2C)c1.Cl.Cl. The minimum absolute atomic E-state index is 0. The van der Waals surface area contributed by atoms with E-state index < -0.39 is 0 Å². The van der Waals surface area contributed by atoms with Crippen molar-refractivity contribution >= 4 is 36.4 Å². The number of hydrogen-bond acceptors (Lipinski definition) is 4. The molecule has 1 aromatic heterocycles. The predicted molar refractivity (Wildman–Crippen MR) is 109 cm³/mol. The number of hydrogen-bond donors (Lipinski definition) is 2. The second kappa shape index (κ2) is 9.76. The molecule has 2 heterocycles. The van der Waals surface area contributed by atoms with Gasteiger partial charge in [0.1, 0.15) is 5.75 Å². The Labute approximate surface area is 166 Å². The highest BCUT2D eigenvalue weighted by atomic mass is 35.5. The number of carbonyl (C=O) groups excluding carboxylic acids is 1. The Morgan fingerprint density at radius 1 is 1.23 bits per heavy atom. The summed E-state index contributed by atoms with van der Waals surface area (Å²) in [4.78, 5) is 16.6. The zero-order valence-corrected chi connectivity index (χ0v) is 16.7. The molecule has 1 saturated heterocycles. The zero-order chi connectivity index (χ0) is 17.1. The van der Waals surface area contributed by atoms with E-state index in [2.05, 4.69) is 15.6 Å². The highest BCUT2D eigenvalue weighted by Crippen LogP contribution is 2.28. The minimum atomic E-state index is -0.00430. The minimum Gasteiger partial charge on any atom is -0.439 e. The summed E-state index contributed by atoms with van der Waals surface area (Å²) in [5, 5.41) is 6.19. The van der Waals surface area contributed by atoms with Gasteiger partial charge in [-0.3, -0.25) is 4.79 Å². The van der Waals surface area contributed by atoms with Crippen molar-refractivity contribution in [3.05, 3.63) is 47.7 Å². The fraction of sp³-hybridized carbons (Fsp3) is 0.368. The predicted octanol–water partition coefficient (Wildman–Crippen LogP) is 4.13. The van der Waals surface area contributed by atoms with E-state index >= 15 is 0 Å². The summed E-state index contributed by atoms with van der Waals surface area (Å²) in [6.45, 7) is 7.77. The topological polar surface area (TPSA) is 63.2 Å². The summed E-state index contributed by atoms with van der Waals surface area (Å²) in [6, 6.07) is 9.50. The first-order valence-corrected chi connectivity index (χ1v) is 8.25. The number of ether oxygens (including phenoxy) is 1. The molecular weight excluding hydrogens is 373 g/mol. The monoisotopic (exact) mass is 397 g/mol. The van der Waals surface area contributed by atoms with E-state index in [-0.39, 0.29) is 36.6 Å². The quantitative estimate of drug-likeness (QED) is 0.795. The van der Waals surface area contributed by atoms with Crippen molar-refractivity contribution in [1.82, 2.24) is 10.3 Å². The van der Waals surface area contributed by atoms with Gasteiger partial charge in [0, 0.05) is 29.9 Å². The average molecular weight is 398 g/mol. The first kappa shape index (κ1) is 22.2. The molecule has 0 spiro atoms. The van der Waals surface area contributed by atoms with E-state index in [9.17, 15) is 4.79 Å². The van der Waals surface area contributed by atoms with Crippen LogP contribution in [0.5, 0.6) is 11.6 Å². The maximum Gasteiger partial charge on any atom is 0.227 e. The highest BCUT2D eigenvalue weighted by molar-refractivity contribution is 5.92. The van der Waals surface area contributed by atoms with Crippen LogP contribution >= 0.6 is 24.8 Å². The molecule has 2 N–H and O–H groups in total. The van der Waals surface area contributed by atoms with Gasteiger partial charge >= 0.3 is 0 Å². The van der Waals surface area contributed by atoms with Crippen molar-refractivity contribution in [2.24, 2.45) is 11.8 Å². The second-order valence-corrected chi connectivity index (χ2v) is 6.45. The third-order valence-corrected chi connectivity index (χ3v) is 4.49. The number of nitrogens with one attached hydrogen (secondary N) is 2. The number of aromatic nitrogens is 1. The number of nitrogens with zero attached hydrogens (tertiary/aromatic N) is 1. The molecule has 0 saturated carbocycles. The van der Waals surface area contributed by atoms with Crippen LogP contribution in [0.2, 0.25) is 0 Å². The van der Waals surface area contributed by atoms with Crippen LogP contribution in [0.4, 0.5) is 5.69 Å². The Morgan fingerprint density at radius 3 is 2.58 bits per heavy atom. The average Bonchev–Trinajstić information content (AvgIpc) is 2.49. The second-order valence-electron chi connectivity index (χ2n) is 6.45. The highest BCUT2D eigenvalue weighted by Gasteiger charge is 2.28. The molecule has 0 radical (unpaired) electrons. The van der Waals surface area contributed by atoms with Gasteiger partial charge in [0.25, 0.3) is 0 Å². The van der Waals surface area contributed by atoms with E-state index in [1.54, 1.807) is 6.20 Å². The molecule has 2 aromatic rings. The van der Waals surface area contributed by atoms with E-state index in [0.29, 0.717) is 17.5 Å². The number of pyridine rings is 1. The Morgan fingerprint density at radius 2 is 1.96 bits per heavy atom. The largest absolute Gasteiger partial charge is 0.439 e. The van der Waals surface area contributed by atoms with E-state index in [0.717, 1.165) is 29.9 Å². The van der Waals surface area contributed by atoms with Gasteiger partial charge in [0.05, 0.1) is 0 Å². The lowest BCUT2D eigenvalue weighted by Crippen LogP contribution is -2.48. The van der Waals surface area contributed by atoms with Crippen molar-refractivity contribution in [3.8, 4) is 11.6 Å². The molecule has 142 valence electrons. The number of rotatable bonds is 5. The van der Waals surface area contributed by atoms with E-state index in [1.165, 1.54) is 0 Å². The Balaban J connectivity index is 0.00000169. The molecule has 1 unspecified atom stereocenters. The van der Waals surface area contributed by atoms with Crippen LogP contribution in [0.1, 0.15) is 18.1 Å². The van der Waals surface area contributed by atoms with Gasteiger partial charge in [-0.15, -0.1) is 24.8 Å². The van der Waals surface area contributed by atoms with Gasteiger partial charge in [-0.05, 0) is 56.1 Å². The summed E-state index contributed by atoms with van der Waals surface area (Å²) >= 11 is 0. The molecule has 1 fully saturated rings. The molecule has 26 heavy (non-hydrogen) atoms.